The molecule has 2 aromatic carbocycles. The molecule has 172 valence electrons. The minimum absolute atomic E-state index is 0.113. The van der Waals surface area contributed by atoms with E-state index in [0.717, 1.165) is 5.56 Å². The average Bonchev–Trinajstić information content (AvgIpc) is 2.73. The lowest BCUT2D eigenvalue weighted by molar-refractivity contribution is 0.174. The molecule has 32 heavy (non-hydrogen) atoms. The molecule has 0 aliphatic heterocycles. The van der Waals surface area contributed by atoms with Crippen LogP contribution in [0.3, 0.4) is 0 Å². The molecule has 0 heterocycles. The number of nitrogens with zero attached hydrogens (tertiary/aromatic N) is 1. The van der Waals surface area contributed by atoms with Gasteiger partial charge in [-0.05, 0) is 29.8 Å². The second-order valence-electron chi connectivity index (χ2n) is 5.84. The van der Waals surface area contributed by atoms with Crippen LogP contribution in [-0.2, 0) is 11.4 Å². The molecule has 0 amide bonds. The number of rotatable bonds is 12. The Hall–Kier alpha value is -1.47. The van der Waals surface area contributed by atoms with Gasteiger partial charge in [-0.3, -0.25) is 0 Å². The van der Waals surface area contributed by atoms with Crippen molar-refractivity contribution in [2.45, 2.75) is 6.61 Å². The number of hydrogen-bond acceptors (Lipinski definition) is 5. The van der Waals surface area contributed by atoms with Gasteiger partial charge < -0.3 is 19.0 Å². The molecule has 5 nitrogen and oxygen atoms in total. The summed E-state index contributed by atoms with van der Waals surface area (Å²) in [5.41, 5.74) is 0.897. The van der Waals surface area contributed by atoms with Gasteiger partial charge in [-0.2, -0.15) is 0 Å². The first kappa shape index (κ1) is 26.8. The topological polar surface area (TPSA) is 49.3 Å². The Bertz CT molecular complexity index is 932. The molecular weight excluding hydrogens is 543 g/mol. The smallest absolute Gasteiger partial charge is 0.157 e. The van der Waals surface area contributed by atoms with E-state index in [2.05, 4.69) is 5.16 Å². The molecule has 0 bridgehead atoms. The highest BCUT2D eigenvalue weighted by Gasteiger charge is 2.11. The van der Waals surface area contributed by atoms with Gasteiger partial charge in [0.1, 0.15) is 46.9 Å². The van der Waals surface area contributed by atoms with E-state index in [1.807, 2.05) is 12.1 Å². The van der Waals surface area contributed by atoms with Gasteiger partial charge in [0.05, 0.1) is 16.3 Å². The van der Waals surface area contributed by atoms with Gasteiger partial charge >= 0.3 is 0 Å². The molecule has 0 aliphatic rings. The highest BCUT2D eigenvalue weighted by atomic mass is 35.5. The van der Waals surface area contributed by atoms with E-state index in [0.29, 0.717) is 27.3 Å². The Morgan fingerprint density at radius 1 is 0.750 bits per heavy atom. The van der Waals surface area contributed by atoms with Crippen LogP contribution in [0.5, 0.6) is 17.2 Å². The van der Waals surface area contributed by atoms with Crippen LogP contribution in [0.2, 0.25) is 10.0 Å². The van der Waals surface area contributed by atoms with Gasteiger partial charge in [-0.1, -0.05) is 86.9 Å². The molecule has 2 rings (SSSR count). The van der Waals surface area contributed by atoms with E-state index < -0.39 is 0 Å². The minimum Gasteiger partial charge on any atom is -0.489 e. The van der Waals surface area contributed by atoms with Crippen LogP contribution in [0.15, 0.2) is 62.7 Å². The van der Waals surface area contributed by atoms with Crippen molar-refractivity contribution in [1.82, 2.24) is 0 Å². The first-order valence-corrected chi connectivity index (χ1v) is 11.2. The van der Waals surface area contributed by atoms with E-state index in [9.17, 15) is 0 Å². The SMILES string of the molecule is ClC(Cl)=CCO/N=C/COc1ccc(COc2c(Cl)cc(OCC=C(Cl)Cl)cc2Cl)cc1. The highest BCUT2D eigenvalue weighted by molar-refractivity contribution is 6.56. The molecule has 0 atom stereocenters. The number of hydrogen-bond donors (Lipinski definition) is 0. The number of oxime groups is 1. The van der Waals surface area contributed by atoms with Crippen LogP contribution in [-0.4, -0.2) is 26.0 Å². The third-order valence-electron chi connectivity index (χ3n) is 3.55. The van der Waals surface area contributed by atoms with Gasteiger partial charge in [-0.15, -0.1) is 0 Å². The summed E-state index contributed by atoms with van der Waals surface area (Å²) in [5, 5.41) is 4.34. The van der Waals surface area contributed by atoms with Crippen LogP contribution < -0.4 is 14.2 Å². The lowest BCUT2D eigenvalue weighted by Gasteiger charge is -2.12. The van der Waals surface area contributed by atoms with E-state index in [1.165, 1.54) is 18.4 Å². The summed E-state index contributed by atoms with van der Waals surface area (Å²) in [4.78, 5) is 4.92. The fourth-order valence-electron chi connectivity index (χ4n) is 2.16. The monoisotopic (exact) mass is 557 g/mol. The molecule has 0 saturated carbocycles. The van der Waals surface area contributed by atoms with Crippen LogP contribution >= 0.6 is 69.6 Å². The van der Waals surface area contributed by atoms with Gasteiger partial charge in [0.2, 0.25) is 0 Å². The van der Waals surface area contributed by atoms with Crippen molar-refractivity contribution in [2.75, 3.05) is 19.8 Å². The van der Waals surface area contributed by atoms with E-state index in [-0.39, 0.29) is 35.4 Å². The summed E-state index contributed by atoms with van der Waals surface area (Å²) in [6.45, 7) is 0.859. The largest absolute Gasteiger partial charge is 0.489 e. The highest BCUT2D eigenvalue weighted by Crippen LogP contribution is 2.37. The van der Waals surface area contributed by atoms with Crippen molar-refractivity contribution in [3.8, 4) is 17.2 Å². The van der Waals surface area contributed by atoms with Gasteiger partial charge in [0.25, 0.3) is 0 Å². The summed E-state index contributed by atoms with van der Waals surface area (Å²) in [6, 6.07) is 10.5. The number of halogens is 6. The van der Waals surface area contributed by atoms with Gasteiger partial charge in [-0.25, -0.2) is 0 Å². The molecule has 0 radical (unpaired) electrons. The molecule has 0 saturated heterocycles. The van der Waals surface area contributed by atoms with Crippen LogP contribution in [0.4, 0.5) is 0 Å². The van der Waals surface area contributed by atoms with E-state index in [1.54, 1.807) is 24.3 Å². The molecular formula is C21H17Cl6NO4. The Morgan fingerprint density at radius 3 is 1.97 bits per heavy atom. The first-order valence-electron chi connectivity index (χ1n) is 8.97. The zero-order valence-electron chi connectivity index (χ0n) is 16.4. The van der Waals surface area contributed by atoms with Crippen molar-refractivity contribution in [3.05, 3.63) is 73.1 Å². The zero-order valence-corrected chi connectivity index (χ0v) is 20.9. The molecule has 0 aliphatic carbocycles. The van der Waals surface area contributed by atoms with Gasteiger partial charge in [0.15, 0.2) is 5.75 Å². The molecule has 0 spiro atoms. The molecule has 0 aromatic heterocycles. The van der Waals surface area contributed by atoms with E-state index >= 15 is 0 Å². The lowest BCUT2D eigenvalue weighted by atomic mass is 10.2. The first-order chi connectivity index (χ1) is 15.3. The maximum atomic E-state index is 6.27. The maximum Gasteiger partial charge on any atom is 0.157 e. The second-order valence-corrected chi connectivity index (χ2v) is 8.67. The van der Waals surface area contributed by atoms with Crippen molar-refractivity contribution in [3.63, 3.8) is 0 Å². The molecule has 0 unspecified atom stereocenters. The van der Waals surface area contributed by atoms with Crippen molar-refractivity contribution in [1.29, 1.82) is 0 Å². The van der Waals surface area contributed by atoms with Crippen molar-refractivity contribution in [2.24, 2.45) is 5.16 Å². The van der Waals surface area contributed by atoms with Crippen LogP contribution in [0.1, 0.15) is 5.56 Å². The van der Waals surface area contributed by atoms with Gasteiger partial charge in [0, 0.05) is 12.1 Å². The van der Waals surface area contributed by atoms with Crippen molar-refractivity contribution < 1.29 is 19.0 Å². The van der Waals surface area contributed by atoms with E-state index in [4.69, 9.17) is 88.7 Å². The average molecular weight is 560 g/mol. The number of ether oxygens (including phenoxy) is 3. The Kier molecular flexibility index (Phi) is 12.2. The predicted octanol–water partition coefficient (Wildman–Crippen LogP) is 7.97. The summed E-state index contributed by atoms with van der Waals surface area (Å²) in [6.07, 6.45) is 4.45. The standard InChI is InChI=1S/C21H17Cl6NO4/c22-17-11-16(29-8-5-19(24)25)12-18(23)21(17)31-13-14-1-3-15(4-2-14)30-10-7-28-32-9-6-20(26)27/h1-7,11-12H,8-10,13H2/b28-7+. The summed E-state index contributed by atoms with van der Waals surface area (Å²) < 4.78 is 17.0. The normalized spacial score (nSPS) is 10.6. The Morgan fingerprint density at radius 2 is 1.34 bits per heavy atom. The fraction of sp³-hybridized carbons (Fsp3) is 0.190. The minimum atomic E-state index is 0.113. The van der Waals surface area contributed by atoms with Crippen molar-refractivity contribution >= 4 is 75.8 Å². The van der Waals surface area contributed by atoms with Crippen LogP contribution in [0, 0.1) is 0 Å². The molecule has 0 N–H and O–H groups in total. The zero-order chi connectivity index (χ0) is 23.3. The molecule has 2 aromatic rings. The predicted molar refractivity (Wildman–Crippen MR) is 132 cm³/mol. The fourth-order valence-corrected chi connectivity index (χ4v) is 2.98. The lowest BCUT2D eigenvalue weighted by Crippen LogP contribution is -2.00. The quantitative estimate of drug-likeness (QED) is 0.150. The number of benzene rings is 2. The summed E-state index contributed by atoms with van der Waals surface area (Å²) in [5.74, 6) is 1.48. The molecule has 0 fully saturated rings. The third kappa shape index (κ3) is 10.4. The summed E-state index contributed by atoms with van der Waals surface area (Å²) >= 11 is 34.5. The van der Waals surface area contributed by atoms with Crippen LogP contribution in [0.25, 0.3) is 0 Å². The molecule has 11 heteroatoms. The third-order valence-corrected chi connectivity index (χ3v) is 4.73. The summed E-state index contributed by atoms with van der Waals surface area (Å²) in [7, 11) is 0. The Balaban J connectivity index is 1.82. The maximum absolute atomic E-state index is 6.27. The Labute approximate surface area is 216 Å². The second kappa shape index (κ2) is 14.6.